The van der Waals surface area contributed by atoms with Crippen molar-refractivity contribution < 1.29 is 9.13 Å². The molecule has 2 aromatic heterocycles. The Morgan fingerprint density at radius 3 is 2.35 bits per heavy atom. The lowest BCUT2D eigenvalue weighted by Gasteiger charge is -2.23. The van der Waals surface area contributed by atoms with Crippen LogP contribution >= 0.6 is 0 Å². The number of imidazole rings is 1. The fraction of sp³-hybridized carbons (Fsp3) is 0.300. The van der Waals surface area contributed by atoms with Gasteiger partial charge in [-0.1, -0.05) is 12.1 Å². The normalized spacial score (nSPS) is 11.2. The van der Waals surface area contributed by atoms with Gasteiger partial charge in [0.25, 0.3) is 0 Å². The highest BCUT2D eigenvalue weighted by Gasteiger charge is 2.12. The van der Waals surface area contributed by atoms with E-state index in [0.29, 0.717) is 19.7 Å². The van der Waals surface area contributed by atoms with Gasteiger partial charge in [-0.3, -0.25) is 9.88 Å². The van der Waals surface area contributed by atoms with Crippen molar-refractivity contribution in [2.75, 3.05) is 13.7 Å². The van der Waals surface area contributed by atoms with Gasteiger partial charge in [0, 0.05) is 51.5 Å². The standard InChI is InChI=1S/C20H23FN4O/c1-26-13-12-25-11-10-23-20(25)16-24(15-18-6-8-22-9-7-18)14-17-2-4-19(21)5-3-17/h2-11H,12-16H2,1H3. The van der Waals surface area contributed by atoms with Crippen LogP contribution in [0.5, 0.6) is 0 Å². The van der Waals surface area contributed by atoms with Crippen molar-refractivity contribution >= 4 is 0 Å². The first kappa shape index (κ1) is 18.2. The zero-order valence-electron chi connectivity index (χ0n) is 14.9. The van der Waals surface area contributed by atoms with E-state index in [1.165, 1.54) is 17.7 Å². The Morgan fingerprint density at radius 2 is 1.65 bits per heavy atom. The molecule has 26 heavy (non-hydrogen) atoms. The molecule has 0 atom stereocenters. The molecule has 0 N–H and O–H groups in total. The lowest BCUT2D eigenvalue weighted by atomic mass is 10.2. The minimum Gasteiger partial charge on any atom is -0.383 e. The summed E-state index contributed by atoms with van der Waals surface area (Å²) in [5, 5.41) is 0. The molecule has 0 unspecified atom stereocenters. The number of ether oxygens (including phenoxy) is 1. The lowest BCUT2D eigenvalue weighted by Crippen LogP contribution is -2.25. The molecule has 0 aliphatic carbocycles. The van der Waals surface area contributed by atoms with Crippen LogP contribution in [0.1, 0.15) is 17.0 Å². The summed E-state index contributed by atoms with van der Waals surface area (Å²) in [6.45, 7) is 3.57. The van der Waals surface area contributed by atoms with Crippen LogP contribution in [0.25, 0.3) is 0 Å². The summed E-state index contributed by atoms with van der Waals surface area (Å²) < 4.78 is 20.5. The summed E-state index contributed by atoms with van der Waals surface area (Å²) in [4.78, 5) is 10.9. The quantitative estimate of drug-likeness (QED) is 0.592. The van der Waals surface area contributed by atoms with Crippen LogP contribution in [0, 0.1) is 5.82 Å². The van der Waals surface area contributed by atoms with Gasteiger partial charge in [-0.05, 0) is 35.4 Å². The highest BCUT2D eigenvalue weighted by molar-refractivity contribution is 5.17. The number of nitrogens with zero attached hydrogens (tertiary/aromatic N) is 4. The van der Waals surface area contributed by atoms with Crippen LogP contribution in [0.4, 0.5) is 4.39 Å². The number of benzene rings is 1. The summed E-state index contributed by atoms with van der Waals surface area (Å²) in [6, 6.07) is 10.7. The molecule has 6 heteroatoms. The predicted molar refractivity (Wildman–Crippen MR) is 97.7 cm³/mol. The van der Waals surface area contributed by atoms with Gasteiger partial charge in [0.05, 0.1) is 13.2 Å². The minimum atomic E-state index is -0.218. The second-order valence-corrected chi connectivity index (χ2v) is 6.16. The highest BCUT2D eigenvalue weighted by Crippen LogP contribution is 2.14. The molecule has 0 saturated carbocycles. The number of pyridine rings is 1. The van der Waals surface area contributed by atoms with E-state index in [1.807, 2.05) is 36.7 Å². The maximum Gasteiger partial charge on any atom is 0.123 e. The third kappa shape index (κ3) is 5.21. The van der Waals surface area contributed by atoms with Crippen LogP contribution in [0.3, 0.4) is 0 Å². The van der Waals surface area contributed by atoms with E-state index in [-0.39, 0.29) is 5.82 Å². The molecule has 0 bridgehead atoms. The first-order chi connectivity index (χ1) is 12.7. The van der Waals surface area contributed by atoms with E-state index in [2.05, 4.69) is 19.4 Å². The molecule has 0 radical (unpaired) electrons. The Morgan fingerprint density at radius 1 is 0.962 bits per heavy atom. The van der Waals surface area contributed by atoms with Crippen molar-refractivity contribution in [3.05, 3.63) is 84.0 Å². The molecule has 0 aliphatic heterocycles. The molecule has 1 aromatic carbocycles. The van der Waals surface area contributed by atoms with Crippen LogP contribution in [0.15, 0.2) is 61.2 Å². The second kappa shape index (κ2) is 9.22. The summed E-state index contributed by atoms with van der Waals surface area (Å²) in [7, 11) is 1.70. The number of rotatable bonds is 9. The van der Waals surface area contributed by atoms with Crippen LogP contribution in [0.2, 0.25) is 0 Å². The van der Waals surface area contributed by atoms with Crippen molar-refractivity contribution in [3.8, 4) is 0 Å². The number of halogens is 1. The lowest BCUT2D eigenvalue weighted by molar-refractivity contribution is 0.182. The van der Waals surface area contributed by atoms with Crippen molar-refractivity contribution in [1.82, 2.24) is 19.4 Å². The minimum absolute atomic E-state index is 0.218. The smallest absolute Gasteiger partial charge is 0.123 e. The SMILES string of the molecule is COCCn1ccnc1CN(Cc1ccncc1)Cc1ccc(F)cc1. The Bertz CT molecular complexity index is 789. The predicted octanol–water partition coefficient (Wildman–Crippen LogP) is 3.27. The van der Waals surface area contributed by atoms with E-state index in [9.17, 15) is 4.39 Å². The molecule has 136 valence electrons. The summed E-state index contributed by atoms with van der Waals surface area (Å²) in [5.74, 6) is 0.766. The average molecular weight is 354 g/mol. The monoisotopic (exact) mass is 354 g/mol. The number of aromatic nitrogens is 3. The zero-order chi connectivity index (χ0) is 18.2. The third-order valence-corrected chi connectivity index (χ3v) is 4.18. The van der Waals surface area contributed by atoms with Gasteiger partial charge in [-0.2, -0.15) is 0 Å². The molecule has 2 heterocycles. The Hall–Kier alpha value is -2.57. The van der Waals surface area contributed by atoms with Crippen molar-refractivity contribution in [3.63, 3.8) is 0 Å². The maximum absolute atomic E-state index is 13.2. The molecule has 0 saturated heterocycles. The largest absolute Gasteiger partial charge is 0.383 e. The molecule has 3 rings (SSSR count). The van der Waals surface area contributed by atoms with Crippen molar-refractivity contribution in [2.24, 2.45) is 0 Å². The molecular formula is C20H23FN4O. The fourth-order valence-corrected chi connectivity index (χ4v) is 2.85. The van der Waals surface area contributed by atoms with Crippen molar-refractivity contribution in [1.29, 1.82) is 0 Å². The number of hydrogen-bond donors (Lipinski definition) is 0. The third-order valence-electron chi connectivity index (χ3n) is 4.18. The van der Waals surface area contributed by atoms with Gasteiger partial charge in [0.15, 0.2) is 0 Å². The van der Waals surface area contributed by atoms with Gasteiger partial charge < -0.3 is 9.30 Å². The fourth-order valence-electron chi connectivity index (χ4n) is 2.85. The van der Waals surface area contributed by atoms with Crippen LogP contribution in [-0.4, -0.2) is 33.2 Å². The molecule has 5 nitrogen and oxygen atoms in total. The van der Waals surface area contributed by atoms with E-state index in [0.717, 1.165) is 24.5 Å². The molecule has 0 spiro atoms. The molecule has 0 fully saturated rings. The van der Waals surface area contributed by atoms with E-state index < -0.39 is 0 Å². The molecule has 0 amide bonds. The second-order valence-electron chi connectivity index (χ2n) is 6.16. The maximum atomic E-state index is 13.2. The van der Waals surface area contributed by atoms with E-state index in [4.69, 9.17) is 4.74 Å². The molecular weight excluding hydrogens is 331 g/mol. The first-order valence-corrected chi connectivity index (χ1v) is 8.59. The molecule has 3 aromatic rings. The molecule has 0 aliphatic rings. The number of hydrogen-bond acceptors (Lipinski definition) is 4. The Labute approximate surface area is 153 Å². The van der Waals surface area contributed by atoms with Gasteiger partial charge in [-0.15, -0.1) is 0 Å². The Kier molecular flexibility index (Phi) is 6.46. The summed E-state index contributed by atoms with van der Waals surface area (Å²) in [5.41, 5.74) is 2.24. The van der Waals surface area contributed by atoms with E-state index in [1.54, 1.807) is 19.5 Å². The van der Waals surface area contributed by atoms with Gasteiger partial charge in [-0.25, -0.2) is 9.37 Å². The number of methoxy groups -OCH3 is 1. The Balaban J connectivity index is 1.76. The van der Waals surface area contributed by atoms with Crippen LogP contribution in [-0.2, 0) is 30.9 Å². The zero-order valence-corrected chi connectivity index (χ0v) is 14.9. The van der Waals surface area contributed by atoms with Gasteiger partial charge in [0.2, 0.25) is 0 Å². The summed E-state index contributed by atoms with van der Waals surface area (Å²) >= 11 is 0. The summed E-state index contributed by atoms with van der Waals surface area (Å²) in [6.07, 6.45) is 7.38. The van der Waals surface area contributed by atoms with E-state index >= 15 is 0 Å². The first-order valence-electron chi connectivity index (χ1n) is 8.59. The van der Waals surface area contributed by atoms with Gasteiger partial charge >= 0.3 is 0 Å². The van der Waals surface area contributed by atoms with Crippen molar-refractivity contribution in [2.45, 2.75) is 26.2 Å². The van der Waals surface area contributed by atoms with Crippen LogP contribution < -0.4 is 0 Å². The van der Waals surface area contributed by atoms with Gasteiger partial charge in [0.1, 0.15) is 11.6 Å². The topological polar surface area (TPSA) is 43.2 Å². The average Bonchev–Trinajstić information content (AvgIpc) is 3.09. The highest BCUT2D eigenvalue weighted by atomic mass is 19.1.